The molecule has 0 saturated carbocycles. The number of nitrogens with zero attached hydrogens (tertiary/aromatic N) is 3. The monoisotopic (exact) mass is 299 g/mol. The van der Waals surface area contributed by atoms with E-state index < -0.39 is 0 Å². The number of methoxy groups -OCH3 is 1. The van der Waals surface area contributed by atoms with Crippen LogP contribution in [-0.4, -0.2) is 54.5 Å². The van der Waals surface area contributed by atoms with Crippen molar-refractivity contribution in [3.63, 3.8) is 0 Å². The van der Waals surface area contributed by atoms with Crippen LogP contribution >= 0.6 is 11.5 Å². The van der Waals surface area contributed by atoms with Crippen molar-refractivity contribution in [2.24, 2.45) is 0 Å². The Labute approximate surface area is 123 Å². The number of hydrogen-bond donors (Lipinski definition) is 0. The summed E-state index contributed by atoms with van der Waals surface area (Å²) in [5.74, 6) is 0.751. The second-order valence-corrected chi connectivity index (χ2v) is 6.30. The van der Waals surface area contributed by atoms with Crippen LogP contribution in [0.15, 0.2) is 0 Å². The van der Waals surface area contributed by atoms with Gasteiger partial charge in [-0.2, -0.15) is 4.37 Å². The van der Waals surface area contributed by atoms with Crippen LogP contribution in [0.5, 0.6) is 0 Å². The van der Waals surface area contributed by atoms with Crippen LogP contribution in [0.3, 0.4) is 0 Å². The van der Waals surface area contributed by atoms with Crippen LogP contribution in [0.1, 0.15) is 25.6 Å². The highest BCUT2D eigenvalue weighted by molar-refractivity contribution is 7.09. The number of hydrogen-bond acceptors (Lipinski definition) is 7. The van der Waals surface area contributed by atoms with Crippen molar-refractivity contribution in [1.82, 2.24) is 9.36 Å². The third-order valence-electron chi connectivity index (χ3n) is 3.70. The lowest BCUT2D eigenvalue weighted by molar-refractivity contribution is -0.160. The average molecular weight is 299 g/mol. The van der Waals surface area contributed by atoms with Gasteiger partial charge in [0, 0.05) is 31.8 Å². The molecule has 3 heterocycles. The quantitative estimate of drug-likeness (QED) is 0.842. The van der Waals surface area contributed by atoms with E-state index in [1.807, 2.05) is 0 Å². The van der Waals surface area contributed by atoms with E-state index in [0.717, 1.165) is 43.5 Å². The fourth-order valence-electron chi connectivity index (χ4n) is 2.98. The van der Waals surface area contributed by atoms with Gasteiger partial charge in [-0.05, 0) is 19.8 Å². The van der Waals surface area contributed by atoms with E-state index in [-0.39, 0.29) is 11.7 Å². The molecule has 0 amide bonds. The first kappa shape index (κ1) is 14.2. The predicted molar refractivity (Wildman–Crippen MR) is 76.2 cm³/mol. The first-order valence-corrected chi connectivity index (χ1v) is 7.80. The minimum Gasteiger partial charge on any atom is -0.378 e. The molecule has 20 heavy (non-hydrogen) atoms. The molecule has 6 nitrogen and oxygen atoms in total. The Morgan fingerprint density at radius 2 is 2.45 bits per heavy atom. The van der Waals surface area contributed by atoms with Crippen molar-refractivity contribution in [2.75, 3.05) is 38.3 Å². The fourth-order valence-corrected chi connectivity index (χ4v) is 3.66. The molecule has 0 N–H and O–H groups in total. The molecule has 0 radical (unpaired) electrons. The Hall–Kier alpha value is -0.760. The summed E-state index contributed by atoms with van der Waals surface area (Å²) in [6.07, 6.45) is 2.30. The van der Waals surface area contributed by atoms with E-state index in [9.17, 15) is 0 Å². The van der Waals surface area contributed by atoms with E-state index in [1.54, 1.807) is 7.11 Å². The van der Waals surface area contributed by atoms with Gasteiger partial charge in [0.1, 0.15) is 12.2 Å². The Balaban J connectivity index is 1.74. The van der Waals surface area contributed by atoms with Gasteiger partial charge in [-0.25, -0.2) is 4.98 Å². The lowest BCUT2D eigenvalue weighted by Crippen LogP contribution is -2.58. The molecule has 7 heteroatoms. The zero-order chi connectivity index (χ0) is 14.0. The largest absolute Gasteiger partial charge is 0.378 e. The molecule has 2 fully saturated rings. The Morgan fingerprint density at radius 1 is 1.55 bits per heavy atom. The molecule has 2 aliphatic rings. The van der Waals surface area contributed by atoms with Gasteiger partial charge in [-0.15, -0.1) is 0 Å². The van der Waals surface area contributed by atoms with Gasteiger partial charge >= 0.3 is 0 Å². The maximum absolute atomic E-state index is 6.19. The second-order valence-electron chi connectivity index (χ2n) is 5.57. The first-order valence-electron chi connectivity index (χ1n) is 7.03. The molecule has 2 saturated heterocycles. The summed E-state index contributed by atoms with van der Waals surface area (Å²) in [4.78, 5) is 6.83. The summed E-state index contributed by atoms with van der Waals surface area (Å²) in [6, 6.07) is 0. The maximum Gasteiger partial charge on any atom is 0.205 e. The van der Waals surface area contributed by atoms with Gasteiger partial charge in [0.25, 0.3) is 0 Å². The van der Waals surface area contributed by atoms with Crippen LogP contribution in [0, 0.1) is 0 Å². The third-order valence-corrected chi connectivity index (χ3v) is 4.51. The van der Waals surface area contributed by atoms with Gasteiger partial charge in [0.05, 0.1) is 19.3 Å². The molecule has 0 bridgehead atoms. The second kappa shape index (κ2) is 5.93. The number of aromatic nitrogens is 2. The maximum atomic E-state index is 6.19. The van der Waals surface area contributed by atoms with E-state index in [0.29, 0.717) is 13.2 Å². The van der Waals surface area contributed by atoms with Gasteiger partial charge in [-0.1, -0.05) is 0 Å². The smallest absolute Gasteiger partial charge is 0.205 e. The van der Waals surface area contributed by atoms with E-state index in [1.165, 1.54) is 11.5 Å². The molecule has 1 aromatic rings. The number of rotatable bonds is 3. The molecule has 0 aliphatic carbocycles. The average Bonchev–Trinajstić information content (AvgIpc) is 2.88. The molecule has 3 rings (SSSR count). The molecule has 2 aliphatic heterocycles. The van der Waals surface area contributed by atoms with E-state index in [2.05, 4.69) is 21.2 Å². The summed E-state index contributed by atoms with van der Waals surface area (Å²) in [5.41, 5.74) is -0.178. The highest BCUT2D eigenvalue weighted by Gasteiger charge is 2.42. The Kier molecular flexibility index (Phi) is 4.21. The van der Waals surface area contributed by atoms with Crippen molar-refractivity contribution in [3.05, 3.63) is 5.82 Å². The summed E-state index contributed by atoms with van der Waals surface area (Å²) in [7, 11) is 1.66. The molecule has 2 atom stereocenters. The van der Waals surface area contributed by atoms with Crippen molar-refractivity contribution < 1.29 is 14.2 Å². The Morgan fingerprint density at radius 3 is 3.20 bits per heavy atom. The van der Waals surface area contributed by atoms with Gasteiger partial charge < -0.3 is 19.1 Å². The molecular formula is C13H21N3O3S. The summed E-state index contributed by atoms with van der Waals surface area (Å²) >= 11 is 1.43. The SMILES string of the molecule is COCc1nsc(N2C[C@@H](C)O[C@@]3(CCCOC3)C2)n1. The molecular weight excluding hydrogens is 278 g/mol. The summed E-state index contributed by atoms with van der Waals surface area (Å²) in [6.45, 7) is 5.78. The normalized spacial score (nSPS) is 30.9. The minimum atomic E-state index is -0.178. The lowest BCUT2D eigenvalue weighted by Gasteiger charge is -2.47. The third kappa shape index (κ3) is 2.95. The standard InChI is InChI=1S/C13H21N3O3S/c1-10-6-16(12-14-11(7-17-2)15-20-12)8-13(19-10)4-3-5-18-9-13/h10H,3-9H2,1-2H3/t10-,13+/m1/s1. The lowest BCUT2D eigenvalue weighted by atomic mass is 9.93. The van der Waals surface area contributed by atoms with Crippen LogP contribution in [0.2, 0.25) is 0 Å². The predicted octanol–water partition coefficient (Wildman–Crippen LogP) is 1.46. The molecule has 1 aromatic heterocycles. The fraction of sp³-hybridized carbons (Fsp3) is 0.846. The highest BCUT2D eigenvalue weighted by Crippen LogP contribution is 2.33. The zero-order valence-corrected chi connectivity index (χ0v) is 12.8. The van der Waals surface area contributed by atoms with E-state index in [4.69, 9.17) is 14.2 Å². The molecule has 0 unspecified atom stereocenters. The number of morpholine rings is 1. The minimum absolute atomic E-state index is 0.178. The van der Waals surface area contributed by atoms with Crippen molar-refractivity contribution in [2.45, 2.75) is 38.1 Å². The van der Waals surface area contributed by atoms with Crippen molar-refractivity contribution >= 4 is 16.7 Å². The van der Waals surface area contributed by atoms with Crippen LogP contribution in [-0.2, 0) is 20.8 Å². The van der Waals surface area contributed by atoms with Gasteiger partial charge in [0.15, 0.2) is 5.82 Å². The zero-order valence-electron chi connectivity index (χ0n) is 12.0. The van der Waals surface area contributed by atoms with Gasteiger partial charge in [0.2, 0.25) is 5.13 Å². The van der Waals surface area contributed by atoms with E-state index >= 15 is 0 Å². The molecule has 112 valence electrons. The Bertz CT molecular complexity index is 448. The summed E-state index contributed by atoms with van der Waals surface area (Å²) < 4.78 is 21.2. The van der Waals surface area contributed by atoms with Crippen LogP contribution in [0.4, 0.5) is 5.13 Å². The summed E-state index contributed by atoms with van der Waals surface area (Å²) in [5, 5.41) is 0.956. The number of ether oxygens (including phenoxy) is 3. The number of anilines is 1. The van der Waals surface area contributed by atoms with Crippen molar-refractivity contribution in [3.8, 4) is 0 Å². The molecule has 1 spiro atoms. The molecule has 0 aromatic carbocycles. The van der Waals surface area contributed by atoms with Crippen LogP contribution < -0.4 is 4.90 Å². The highest BCUT2D eigenvalue weighted by atomic mass is 32.1. The van der Waals surface area contributed by atoms with Crippen molar-refractivity contribution in [1.29, 1.82) is 0 Å². The first-order chi connectivity index (χ1) is 9.71. The van der Waals surface area contributed by atoms with Crippen LogP contribution in [0.25, 0.3) is 0 Å². The topological polar surface area (TPSA) is 56.7 Å². The van der Waals surface area contributed by atoms with Gasteiger partial charge in [-0.3, -0.25) is 0 Å².